The lowest BCUT2D eigenvalue weighted by atomic mass is 10.1. The van der Waals surface area contributed by atoms with Crippen LogP contribution in [0.5, 0.6) is 0 Å². The quantitative estimate of drug-likeness (QED) is 0.864. The Kier molecular flexibility index (Phi) is 4.91. The van der Waals surface area contributed by atoms with Gasteiger partial charge in [-0.05, 0) is 56.9 Å². The molecule has 1 fully saturated rings. The molecule has 21 heavy (non-hydrogen) atoms. The van der Waals surface area contributed by atoms with E-state index in [0.29, 0.717) is 25.4 Å². The van der Waals surface area contributed by atoms with Crippen molar-refractivity contribution in [2.75, 3.05) is 25.4 Å². The summed E-state index contributed by atoms with van der Waals surface area (Å²) in [6, 6.07) is 3.41. The van der Waals surface area contributed by atoms with Crippen LogP contribution in [0.4, 0.5) is 5.69 Å². The van der Waals surface area contributed by atoms with Crippen LogP contribution in [0.3, 0.4) is 0 Å². The number of ether oxygens (including phenoxy) is 1. The summed E-state index contributed by atoms with van der Waals surface area (Å²) in [7, 11) is -3.52. The maximum absolute atomic E-state index is 12.7. The van der Waals surface area contributed by atoms with Crippen LogP contribution >= 0.6 is 0 Å². The third-order valence-electron chi connectivity index (χ3n) is 4.05. The molecule has 0 spiro atoms. The number of benzene rings is 1. The van der Waals surface area contributed by atoms with E-state index in [4.69, 9.17) is 10.5 Å². The molecule has 6 heteroatoms. The van der Waals surface area contributed by atoms with Gasteiger partial charge >= 0.3 is 0 Å². The van der Waals surface area contributed by atoms with Gasteiger partial charge in [0.2, 0.25) is 10.0 Å². The summed E-state index contributed by atoms with van der Waals surface area (Å²) >= 11 is 0. The van der Waals surface area contributed by atoms with E-state index in [1.165, 1.54) is 4.31 Å². The van der Waals surface area contributed by atoms with Crippen LogP contribution in [0.1, 0.15) is 30.9 Å². The predicted octanol–water partition coefficient (Wildman–Crippen LogP) is 2.08. The van der Waals surface area contributed by atoms with Crippen LogP contribution in [0.15, 0.2) is 17.0 Å². The Labute approximate surface area is 127 Å². The Hall–Kier alpha value is -1.11. The molecule has 0 radical (unpaired) electrons. The van der Waals surface area contributed by atoms with Gasteiger partial charge in [0.05, 0.1) is 11.8 Å². The Morgan fingerprint density at radius 2 is 1.81 bits per heavy atom. The minimum absolute atomic E-state index is 0.165. The van der Waals surface area contributed by atoms with Crippen LogP contribution in [-0.4, -0.2) is 38.5 Å². The highest BCUT2D eigenvalue weighted by molar-refractivity contribution is 7.89. The molecule has 0 atom stereocenters. The van der Waals surface area contributed by atoms with E-state index in [0.717, 1.165) is 24.0 Å². The molecule has 0 amide bonds. The molecular formula is C15H24N2O3S. The van der Waals surface area contributed by atoms with Gasteiger partial charge in [-0.25, -0.2) is 8.42 Å². The number of rotatable bonds is 4. The van der Waals surface area contributed by atoms with Crippen molar-refractivity contribution in [2.45, 2.75) is 44.6 Å². The van der Waals surface area contributed by atoms with Crippen molar-refractivity contribution in [1.82, 2.24) is 4.31 Å². The average molecular weight is 312 g/mol. The zero-order valence-corrected chi connectivity index (χ0v) is 13.7. The first-order chi connectivity index (χ1) is 9.86. The number of anilines is 1. The van der Waals surface area contributed by atoms with Gasteiger partial charge in [-0.1, -0.05) is 0 Å². The van der Waals surface area contributed by atoms with E-state index in [1.807, 2.05) is 20.8 Å². The Morgan fingerprint density at radius 3 is 2.38 bits per heavy atom. The summed E-state index contributed by atoms with van der Waals surface area (Å²) in [6.45, 7) is 7.42. The largest absolute Gasteiger partial charge is 0.398 e. The average Bonchev–Trinajstić information content (AvgIpc) is 2.43. The second-order valence-electron chi connectivity index (χ2n) is 5.53. The number of hydrogen-bond acceptors (Lipinski definition) is 4. The van der Waals surface area contributed by atoms with E-state index in [2.05, 4.69) is 0 Å². The molecular weight excluding hydrogens is 288 g/mol. The second kappa shape index (κ2) is 6.34. The fraction of sp³-hybridized carbons (Fsp3) is 0.600. The van der Waals surface area contributed by atoms with E-state index < -0.39 is 10.0 Å². The van der Waals surface area contributed by atoms with Gasteiger partial charge in [0.1, 0.15) is 4.90 Å². The van der Waals surface area contributed by atoms with Gasteiger partial charge in [-0.3, -0.25) is 0 Å². The standard InChI is InChI=1S/C15H24N2O3S/c1-4-20-13-5-7-17(8-6-13)21(18,19)15-10-12(3)11(2)9-14(15)16/h9-10,13H,4-8,16H2,1-3H3. The number of nitrogens with zero attached hydrogens (tertiary/aromatic N) is 1. The molecule has 0 unspecified atom stereocenters. The van der Waals surface area contributed by atoms with Gasteiger partial charge in [0, 0.05) is 19.7 Å². The first kappa shape index (κ1) is 16.3. The highest BCUT2D eigenvalue weighted by atomic mass is 32.2. The van der Waals surface area contributed by atoms with Gasteiger partial charge in [0.15, 0.2) is 0 Å². The molecule has 1 aliphatic heterocycles. The zero-order valence-electron chi connectivity index (χ0n) is 12.9. The molecule has 5 nitrogen and oxygen atoms in total. The van der Waals surface area contributed by atoms with Crippen molar-refractivity contribution in [2.24, 2.45) is 0 Å². The lowest BCUT2D eigenvalue weighted by Gasteiger charge is -2.31. The molecule has 1 saturated heterocycles. The molecule has 0 aromatic heterocycles. The van der Waals surface area contributed by atoms with Crippen molar-refractivity contribution >= 4 is 15.7 Å². The minimum Gasteiger partial charge on any atom is -0.398 e. The summed E-state index contributed by atoms with van der Waals surface area (Å²) in [5, 5.41) is 0. The summed E-state index contributed by atoms with van der Waals surface area (Å²) in [5.74, 6) is 0. The molecule has 0 saturated carbocycles. The normalized spacial score (nSPS) is 18.0. The van der Waals surface area contributed by atoms with Gasteiger partial charge in [-0.2, -0.15) is 4.31 Å². The highest BCUT2D eigenvalue weighted by Gasteiger charge is 2.31. The minimum atomic E-state index is -3.52. The maximum atomic E-state index is 12.7. The van der Waals surface area contributed by atoms with E-state index in [1.54, 1.807) is 12.1 Å². The molecule has 1 aromatic carbocycles. The fourth-order valence-corrected chi connectivity index (χ4v) is 4.30. The summed E-state index contributed by atoms with van der Waals surface area (Å²) in [5.41, 5.74) is 8.19. The molecule has 118 valence electrons. The van der Waals surface area contributed by atoms with Crippen molar-refractivity contribution in [3.8, 4) is 0 Å². The second-order valence-corrected chi connectivity index (χ2v) is 7.44. The van der Waals surface area contributed by atoms with Gasteiger partial charge < -0.3 is 10.5 Å². The summed E-state index contributed by atoms with van der Waals surface area (Å²) in [4.78, 5) is 0.223. The summed E-state index contributed by atoms with van der Waals surface area (Å²) in [6.07, 6.45) is 1.63. The predicted molar refractivity (Wildman–Crippen MR) is 83.7 cm³/mol. The van der Waals surface area contributed by atoms with Crippen molar-refractivity contribution in [3.05, 3.63) is 23.3 Å². The van der Waals surface area contributed by atoms with Crippen LogP contribution in [0.25, 0.3) is 0 Å². The molecule has 2 N–H and O–H groups in total. The highest BCUT2D eigenvalue weighted by Crippen LogP contribution is 2.28. The van der Waals surface area contributed by atoms with Gasteiger partial charge in [0.25, 0.3) is 0 Å². The van der Waals surface area contributed by atoms with Crippen LogP contribution in [-0.2, 0) is 14.8 Å². The zero-order chi connectivity index (χ0) is 15.6. The number of nitrogens with two attached hydrogens (primary N) is 1. The third-order valence-corrected chi connectivity index (χ3v) is 6.00. The molecule has 1 aromatic rings. The number of nitrogen functional groups attached to an aromatic ring is 1. The van der Waals surface area contributed by atoms with Crippen molar-refractivity contribution < 1.29 is 13.2 Å². The SMILES string of the molecule is CCOC1CCN(S(=O)(=O)c2cc(C)c(C)cc2N)CC1. The van der Waals surface area contributed by atoms with Gasteiger partial charge in [-0.15, -0.1) is 0 Å². The number of sulfonamides is 1. The fourth-order valence-electron chi connectivity index (χ4n) is 2.65. The lowest BCUT2D eigenvalue weighted by Crippen LogP contribution is -2.41. The smallest absolute Gasteiger partial charge is 0.245 e. The summed E-state index contributed by atoms with van der Waals surface area (Å²) < 4.78 is 32.6. The van der Waals surface area contributed by atoms with Crippen molar-refractivity contribution in [3.63, 3.8) is 0 Å². The van der Waals surface area contributed by atoms with Crippen LogP contribution < -0.4 is 5.73 Å². The van der Waals surface area contributed by atoms with E-state index in [-0.39, 0.29) is 11.0 Å². The third kappa shape index (κ3) is 3.39. The molecule has 0 aliphatic carbocycles. The Balaban J connectivity index is 2.22. The first-order valence-corrected chi connectivity index (χ1v) is 8.78. The van der Waals surface area contributed by atoms with Crippen LogP contribution in [0, 0.1) is 13.8 Å². The van der Waals surface area contributed by atoms with Crippen LogP contribution in [0.2, 0.25) is 0 Å². The molecule has 1 aliphatic rings. The lowest BCUT2D eigenvalue weighted by molar-refractivity contribution is 0.0290. The number of piperidine rings is 1. The van der Waals surface area contributed by atoms with E-state index in [9.17, 15) is 8.42 Å². The van der Waals surface area contributed by atoms with E-state index >= 15 is 0 Å². The Morgan fingerprint density at radius 1 is 1.24 bits per heavy atom. The molecule has 2 rings (SSSR count). The first-order valence-electron chi connectivity index (χ1n) is 7.34. The maximum Gasteiger partial charge on any atom is 0.245 e. The monoisotopic (exact) mass is 312 g/mol. The number of hydrogen-bond donors (Lipinski definition) is 1. The Bertz CT molecular complexity index is 606. The molecule has 1 heterocycles. The topological polar surface area (TPSA) is 72.6 Å². The number of aryl methyl sites for hydroxylation is 2. The van der Waals surface area contributed by atoms with Crippen molar-refractivity contribution in [1.29, 1.82) is 0 Å². The molecule has 0 bridgehead atoms.